The van der Waals surface area contributed by atoms with Crippen LogP contribution in [0.5, 0.6) is 0 Å². The van der Waals surface area contributed by atoms with E-state index in [1.807, 2.05) is 37.4 Å². The predicted octanol–water partition coefficient (Wildman–Crippen LogP) is 2.24. The lowest BCUT2D eigenvalue weighted by molar-refractivity contribution is 1.14. The van der Waals surface area contributed by atoms with Gasteiger partial charge in [0.15, 0.2) is 6.19 Å². The summed E-state index contributed by atoms with van der Waals surface area (Å²) in [5, 5.41) is 13.8. The quantitative estimate of drug-likeness (QED) is 0.330. The van der Waals surface area contributed by atoms with Crippen LogP contribution in [-0.4, -0.2) is 22.9 Å². The van der Waals surface area contributed by atoms with Gasteiger partial charge in [0, 0.05) is 18.3 Å². The zero-order valence-electron chi connectivity index (χ0n) is 10.5. The molecule has 0 spiro atoms. The Kier molecular flexibility index (Phi) is 4.13. The number of nitrogens with one attached hydrogen (secondary N) is 3. The van der Waals surface area contributed by atoms with Crippen LogP contribution < -0.4 is 10.6 Å². The van der Waals surface area contributed by atoms with Crippen molar-refractivity contribution in [3.63, 3.8) is 0 Å². The maximum absolute atomic E-state index is 8.31. The van der Waals surface area contributed by atoms with Crippen LogP contribution in [0.1, 0.15) is 6.92 Å². The Balaban J connectivity index is 2.11. The minimum absolute atomic E-state index is 0.762. The number of hydrogen-bond acceptors (Lipinski definition) is 4. The highest BCUT2D eigenvalue weighted by molar-refractivity contribution is 5.66. The number of imidazole rings is 1. The van der Waals surface area contributed by atoms with Gasteiger partial charge in [-0.15, -0.1) is 0 Å². The van der Waals surface area contributed by atoms with E-state index in [-0.39, 0.29) is 0 Å². The van der Waals surface area contributed by atoms with Gasteiger partial charge in [-0.2, -0.15) is 5.26 Å². The van der Waals surface area contributed by atoms with Crippen molar-refractivity contribution < 1.29 is 0 Å². The molecule has 0 amide bonds. The molecule has 1 aromatic carbocycles. The highest BCUT2D eigenvalue weighted by Crippen LogP contribution is 2.21. The van der Waals surface area contributed by atoms with E-state index in [0.717, 1.165) is 29.4 Å². The zero-order valence-corrected chi connectivity index (χ0v) is 10.5. The number of aromatic nitrogens is 2. The Bertz CT molecular complexity index is 590. The van der Waals surface area contributed by atoms with Gasteiger partial charge < -0.3 is 10.3 Å². The molecule has 0 radical (unpaired) electrons. The Morgan fingerprint density at radius 3 is 2.89 bits per heavy atom. The summed E-state index contributed by atoms with van der Waals surface area (Å²) in [6.07, 6.45) is 4.98. The van der Waals surface area contributed by atoms with E-state index in [1.54, 1.807) is 6.19 Å². The summed E-state index contributed by atoms with van der Waals surface area (Å²) in [7, 11) is 0. The summed E-state index contributed by atoms with van der Waals surface area (Å²) in [5.74, 6) is 0.762. The molecule has 1 aromatic heterocycles. The van der Waals surface area contributed by atoms with Crippen LogP contribution >= 0.6 is 0 Å². The number of aliphatic imine (C=N–C) groups is 1. The van der Waals surface area contributed by atoms with Gasteiger partial charge in [-0.05, 0) is 19.1 Å². The van der Waals surface area contributed by atoms with Crippen molar-refractivity contribution in [3.8, 4) is 17.5 Å². The first kappa shape index (κ1) is 12.6. The minimum atomic E-state index is 0.762. The molecule has 96 valence electrons. The molecule has 2 aromatic rings. The second-order valence-electron chi connectivity index (χ2n) is 3.73. The van der Waals surface area contributed by atoms with E-state index in [2.05, 4.69) is 25.6 Å². The van der Waals surface area contributed by atoms with Crippen molar-refractivity contribution in [1.82, 2.24) is 15.3 Å². The molecule has 0 aliphatic carbocycles. The third kappa shape index (κ3) is 3.33. The number of nitriles is 1. The van der Waals surface area contributed by atoms with Gasteiger partial charge in [-0.3, -0.25) is 5.32 Å². The van der Waals surface area contributed by atoms with Crippen molar-refractivity contribution in [2.75, 3.05) is 11.9 Å². The first-order valence-electron chi connectivity index (χ1n) is 5.90. The molecule has 0 saturated carbocycles. The maximum Gasteiger partial charge on any atom is 0.200 e. The highest BCUT2D eigenvalue weighted by atomic mass is 15.1. The second-order valence-corrected chi connectivity index (χ2v) is 3.73. The highest BCUT2D eigenvalue weighted by Gasteiger charge is 2.02. The fourth-order valence-electron chi connectivity index (χ4n) is 1.58. The standard InChI is InChI=1S/C13H14N6/c1-2-16-13-17-7-12(19-13)10-3-5-11(6-4-10)18-9-15-8-14/h3-7,9H,2H2,1H3,(H,15,18)(H2,16,17,19). The molecule has 6 heteroatoms. The van der Waals surface area contributed by atoms with Crippen LogP contribution in [0.15, 0.2) is 35.5 Å². The Morgan fingerprint density at radius 2 is 2.21 bits per heavy atom. The van der Waals surface area contributed by atoms with Crippen molar-refractivity contribution in [2.24, 2.45) is 4.99 Å². The van der Waals surface area contributed by atoms with Gasteiger partial charge in [-0.1, -0.05) is 12.1 Å². The van der Waals surface area contributed by atoms with Crippen molar-refractivity contribution in [2.45, 2.75) is 6.92 Å². The maximum atomic E-state index is 8.31. The van der Waals surface area contributed by atoms with E-state index in [1.165, 1.54) is 6.34 Å². The van der Waals surface area contributed by atoms with Crippen LogP contribution in [0.25, 0.3) is 11.3 Å². The number of H-pyrrole nitrogens is 1. The lowest BCUT2D eigenvalue weighted by Gasteiger charge is -1.98. The Labute approximate surface area is 111 Å². The molecule has 0 aliphatic heterocycles. The molecule has 19 heavy (non-hydrogen) atoms. The molecule has 6 nitrogen and oxygen atoms in total. The van der Waals surface area contributed by atoms with E-state index in [4.69, 9.17) is 5.26 Å². The normalized spacial score (nSPS) is 10.3. The minimum Gasteiger partial charge on any atom is -0.356 e. The zero-order chi connectivity index (χ0) is 13.5. The number of aromatic amines is 1. The number of nitrogens with zero attached hydrogens (tertiary/aromatic N) is 3. The smallest absolute Gasteiger partial charge is 0.200 e. The lowest BCUT2D eigenvalue weighted by Crippen LogP contribution is -1.98. The van der Waals surface area contributed by atoms with Crippen LogP contribution in [0, 0.1) is 11.5 Å². The molecule has 0 fully saturated rings. The SMILES string of the molecule is CCNc1nc(-c2ccc(/N=C/NC#N)cc2)c[nH]1. The summed E-state index contributed by atoms with van der Waals surface area (Å²) in [4.78, 5) is 11.5. The molecule has 0 atom stereocenters. The van der Waals surface area contributed by atoms with E-state index >= 15 is 0 Å². The van der Waals surface area contributed by atoms with Crippen molar-refractivity contribution in [1.29, 1.82) is 5.26 Å². The molecule has 0 aliphatic rings. The fourth-order valence-corrected chi connectivity index (χ4v) is 1.58. The molecular formula is C13H14N6. The summed E-state index contributed by atoms with van der Waals surface area (Å²) < 4.78 is 0. The molecule has 1 heterocycles. The van der Waals surface area contributed by atoms with Crippen LogP contribution in [-0.2, 0) is 0 Å². The van der Waals surface area contributed by atoms with Gasteiger partial charge in [-0.25, -0.2) is 9.98 Å². The monoisotopic (exact) mass is 254 g/mol. The van der Waals surface area contributed by atoms with E-state index in [0.29, 0.717) is 0 Å². The number of hydrogen-bond donors (Lipinski definition) is 3. The number of benzene rings is 1. The average Bonchev–Trinajstić information content (AvgIpc) is 2.89. The number of rotatable bonds is 5. The Hall–Kier alpha value is -2.81. The van der Waals surface area contributed by atoms with Gasteiger partial charge in [0.25, 0.3) is 0 Å². The summed E-state index contributed by atoms with van der Waals surface area (Å²) in [6.45, 7) is 2.84. The topological polar surface area (TPSA) is 88.9 Å². The predicted molar refractivity (Wildman–Crippen MR) is 75.1 cm³/mol. The molecule has 2 rings (SSSR count). The third-order valence-corrected chi connectivity index (χ3v) is 2.43. The first-order valence-corrected chi connectivity index (χ1v) is 5.90. The van der Waals surface area contributed by atoms with E-state index in [9.17, 15) is 0 Å². The third-order valence-electron chi connectivity index (χ3n) is 2.43. The summed E-state index contributed by atoms with van der Waals surface area (Å²) in [5.41, 5.74) is 2.66. The molecule has 3 N–H and O–H groups in total. The van der Waals surface area contributed by atoms with E-state index < -0.39 is 0 Å². The second kappa shape index (κ2) is 6.21. The largest absolute Gasteiger partial charge is 0.356 e. The average molecular weight is 254 g/mol. The van der Waals surface area contributed by atoms with Crippen molar-refractivity contribution in [3.05, 3.63) is 30.5 Å². The van der Waals surface area contributed by atoms with Crippen LogP contribution in [0.2, 0.25) is 0 Å². The number of anilines is 1. The fraction of sp³-hybridized carbons (Fsp3) is 0.154. The first-order chi connectivity index (χ1) is 9.33. The van der Waals surface area contributed by atoms with Gasteiger partial charge in [0.1, 0.15) is 6.34 Å². The lowest BCUT2D eigenvalue weighted by atomic mass is 10.1. The van der Waals surface area contributed by atoms with Gasteiger partial charge >= 0.3 is 0 Å². The van der Waals surface area contributed by atoms with Gasteiger partial charge in [0.2, 0.25) is 5.95 Å². The van der Waals surface area contributed by atoms with Crippen LogP contribution in [0.4, 0.5) is 11.6 Å². The molecule has 0 unspecified atom stereocenters. The molecular weight excluding hydrogens is 240 g/mol. The summed E-state index contributed by atoms with van der Waals surface area (Å²) in [6, 6.07) is 7.61. The molecule has 0 bridgehead atoms. The Morgan fingerprint density at radius 1 is 1.42 bits per heavy atom. The van der Waals surface area contributed by atoms with Gasteiger partial charge in [0.05, 0.1) is 11.4 Å². The van der Waals surface area contributed by atoms with Crippen LogP contribution in [0.3, 0.4) is 0 Å². The summed E-state index contributed by atoms with van der Waals surface area (Å²) >= 11 is 0. The van der Waals surface area contributed by atoms with Crippen molar-refractivity contribution >= 4 is 18.0 Å². The molecule has 0 saturated heterocycles.